The molecular formula is C20H27FN4O. The lowest BCUT2D eigenvalue weighted by Gasteiger charge is -2.32. The van der Waals surface area contributed by atoms with Gasteiger partial charge in [0, 0.05) is 31.9 Å². The molecule has 0 spiro atoms. The van der Waals surface area contributed by atoms with Crippen molar-refractivity contribution in [3.05, 3.63) is 48.5 Å². The van der Waals surface area contributed by atoms with Crippen molar-refractivity contribution in [2.45, 2.75) is 38.6 Å². The Morgan fingerprint density at radius 2 is 2.15 bits per heavy atom. The standard InChI is InChI=1S/C20H27FN4O/c21-18-7-1-2-8-19(18)23-20(26)10-9-17-6-3-12-24(16-17)13-5-15-25-14-4-11-22-25/h1-2,4,7-8,11,14,17H,3,5-6,9-10,12-13,15-16H2,(H,23,26). The number of rotatable bonds is 8. The van der Waals surface area contributed by atoms with Crippen LogP contribution in [-0.4, -0.2) is 40.2 Å². The van der Waals surface area contributed by atoms with Crippen LogP contribution >= 0.6 is 0 Å². The van der Waals surface area contributed by atoms with E-state index in [-0.39, 0.29) is 17.4 Å². The number of hydrogen-bond acceptors (Lipinski definition) is 3. The Balaban J connectivity index is 1.36. The molecule has 1 N–H and O–H groups in total. The monoisotopic (exact) mass is 358 g/mol. The lowest BCUT2D eigenvalue weighted by molar-refractivity contribution is -0.116. The molecular weight excluding hydrogens is 331 g/mol. The SMILES string of the molecule is O=C(CCC1CCCN(CCCn2cccn2)C1)Nc1ccccc1F. The molecule has 1 amide bonds. The van der Waals surface area contributed by atoms with E-state index in [1.54, 1.807) is 18.2 Å². The van der Waals surface area contributed by atoms with Crippen molar-refractivity contribution in [2.24, 2.45) is 5.92 Å². The molecule has 0 saturated carbocycles. The van der Waals surface area contributed by atoms with Gasteiger partial charge in [-0.25, -0.2) is 4.39 Å². The zero-order valence-electron chi connectivity index (χ0n) is 15.1. The summed E-state index contributed by atoms with van der Waals surface area (Å²) in [7, 11) is 0. The van der Waals surface area contributed by atoms with E-state index >= 15 is 0 Å². The fraction of sp³-hybridized carbons (Fsp3) is 0.500. The van der Waals surface area contributed by atoms with Gasteiger partial charge in [-0.05, 0) is 62.9 Å². The van der Waals surface area contributed by atoms with E-state index in [0.717, 1.165) is 39.0 Å². The lowest BCUT2D eigenvalue weighted by Crippen LogP contribution is -2.36. The molecule has 1 aromatic carbocycles. The molecule has 26 heavy (non-hydrogen) atoms. The molecule has 2 heterocycles. The van der Waals surface area contributed by atoms with Gasteiger partial charge in [0.2, 0.25) is 5.91 Å². The van der Waals surface area contributed by atoms with Gasteiger partial charge in [-0.2, -0.15) is 5.10 Å². The Labute approximate surface area is 154 Å². The number of likely N-dealkylation sites (tertiary alicyclic amines) is 1. The van der Waals surface area contributed by atoms with Crippen LogP contribution in [0.1, 0.15) is 32.1 Å². The Morgan fingerprint density at radius 3 is 2.96 bits per heavy atom. The van der Waals surface area contributed by atoms with Crippen molar-refractivity contribution >= 4 is 11.6 Å². The molecule has 1 aromatic heterocycles. The highest BCUT2D eigenvalue weighted by Gasteiger charge is 2.20. The third-order valence-electron chi connectivity index (χ3n) is 4.95. The van der Waals surface area contributed by atoms with E-state index in [9.17, 15) is 9.18 Å². The Bertz CT molecular complexity index is 689. The molecule has 0 radical (unpaired) electrons. The third-order valence-corrected chi connectivity index (χ3v) is 4.95. The van der Waals surface area contributed by atoms with Crippen LogP contribution in [0.5, 0.6) is 0 Å². The van der Waals surface area contributed by atoms with Gasteiger partial charge in [0.1, 0.15) is 5.82 Å². The van der Waals surface area contributed by atoms with E-state index in [2.05, 4.69) is 15.3 Å². The molecule has 1 unspecified atom stereocenters. The van der Waals surface area contributed by atoms with Gasteiger partial charge < -0.3 is 10.2 Å². The molecule has 0 aliphatic carbocycles. The Morgan fingerprint density at radius 1 is 1.27 bits per heavy atom. The van der Waals surface area contributed by atoms with Gasteiger partial charge in [0.15, 0.2) is 0 Å². The second kappa shape index (κ2) is 9.48. The van der Waals surface area contributed by atoms with Crippen LogP contribution in [0.2, 0.25) is 0 Å². The van der Waals surface area contributed by atoms with Gasteiger partial charge in [0.25, 0.3) is 0 Å². The predicted molar refractivity (Wildman–Crippen MR) is 100 cm³/mol. The first-order valence-electron chi connectivity index (χ1n) is 9.45. The molecule has 1 saturated heterocycles. The number of carbonyl (C=O) groups is 1. The highest BCUT2D eigenvalue weighted by atomic mass is 19.1. The molecule has 3 rings (SSSR count). The van der Waals surface area contributed by atoms with Crippen molar-refractivity contribution in [2.75, 3.05) is 25.0 Å². The average Bonchev–Trinajstić information content (AvgIpc) is 3.16. The highest BCUT2D eigenvalue weighted by molar-refractivity contribution is 5.90. The number of aromatic nitrogens is 2. The average molecular weight is 358 g/mol. The van der Waals surface area contributed by atoms with Gasteiger partial charge in [-0.1, -0.05) is 12.1 Å². The first kappa shape index (κ1) is 18.6. The molecule has 140 valence electrons. The molecule has 1 atom stereocenters. The summed E-state index contributed by atoms with van der Waals surface area (Å²) in [4.78, 5) is 14.6. The van der Waals surface area contributed by atoms with E-state index < -0.39 is 0 Å². The van der Waals surface area contributed by atoms with Crippen molar-refractivity contribution < 1.29 is 9.18 Å². The van der Waals surface area contributed by atoms with E-state index in [4.69, 9.17) is 0 Å². The summed E-state index contributed by atoms with van der Waals surface area (Å²) in [5, 5.41) is 6.90. The number of halogens is 1. The summed E-state index contributed by atoms with van der Waals surface area (Å²) < 4.78 is 15.6. The normalized spacial score (nSPS) is 18.0. The van der Waals surface area contributed by atoms with E-state index in [0.29, 0.717) is 12.3 Å². The van der Waals surface area contributed by atoms with Crippen molar-refractivity contribution in [1.29, 1.82) is 0 Å². The van der Waals surface area contributed by atoms with E-state index in [1.165, 1.54) is 18.9 Å². The predicted octanol–water partition coefficient (Wildman–Crippen LogP) is 3.54. The first-order chi connectivity index (χ1) is 12.7. The zero-order valence-corrected chi connectivity index (χ0v) is 15.1. The number of carbonyl (C=O) groups excluding carboxylic acids is 1. The van der Waals surface area contributed by atoms with Gasteiger partial charge in [-0.15, -0.1) is 0 Å². The molecule has 1 aliphatic heterocycles. The fourth-order valence-electron chi connectivity index (χ4n) is 3.59. The maximum absolute atomic E-state index is 13.6. The topological polar surface area (TPSA) is 50.2 Å². The summed E-state index contributed by atoms with van der Waals surface area (Å²) in [5.41, 5.74) is 0.265. The number of nitrogens with one attached hydrogen (secondary N) is 1. The number of nitrogens with zero attached hydrogens (tertiary/aromatic N) is 3. The maximum Gasteiger partial charge on any atom is 0.224 e. The second-order valence-electron chi connectivity index (χ2n) is 7.00. The number of amides is 1. The number of piperidine rings is 1. The summed E-state index contributed by atoms with van der Waals surface area (Å²) in [5.74, 6) is 0.0487. The quantitative estimate of drug-likeness (QED) is 0.785. The number of aryl methyl sites for hydroxylation is 1. The Hall–Kier alpha value is -2.21. The summed E-state index contributed by atoms with van der Waals surface area (Å²) in [6.07, 6.45) is 8.54. The number of para-hydroxylation sites is 1. The van der Waals surface area contributed by atoms with Crippen LogP contribution in [0.25, 0.3) is 0 Å². The Kier molecular flexibility index (Phi) is 6.77. The third kappa shape index (κ3) is 5.66. The van der Waals surface area contributed by atoms with Crippen LogP contribution in [0.4, 0.5) is 10.1 Å². The minimum Gasteiger partial charge on any atom is -0.324 e. The molecule has 1 fully saturated rings. The van der Waals surface area contributed by atoms with Crippen molar-refractivity contribution in [3.63, 3.8) is 0 Å². The maximum atomic E-state index is 13.6. The molecule has 1 aliphatic rings. The first-order valence-corrected chi connectivity index (χ1v) is 9.45. The van der Waals surface area contributed by atoms with Crippen LogP contribution in [-0.2, 0) is 11.3 Å². The zero-order chi connectivity index (χ0) is 18.2. The van der Waals surface area contributed by atoms with Gasteiger partial charge in [-0.3, -0.25) is 9.48 Å². The lowest BCUT2D eigenvalue weighted by atomic mass is 9.93. The minimum atomic E-state index is -0.387. The molecule has 6 heteroatoms. The van der Waals surface area contributed by atoms with Crippen LogP contribution in [0.3, 0.4) is 0 Å². The van der Waals surface area contributed by atoms with Crippen LogP contribution < -0.4 is 5.32 Å². The number of anilines is 1. The van der Waals surface area contributed by atoms with Crippen LogP contribution in [0, 0.1) is 11.7 Å². The second-order valence-corrected chi connectivity index (χ2v) is 7.00. The van der Waals surface area contributed by atoms with Gasteiger partial charge >= 0.3 is 0 Å². The number of benzene rings is 1. The van der Waals surface area contributed by atoms with Crippen molar-refractivity contribution in [3.8, 4) is 0 Å². The molecule has 2 aromatic rings. The van der Waals surface area contributed by atoms with E-state index in [1.807, 2.05) is 23.1 Å². The fourth-order valence-corrected chi connectivity index (χ4v) is 3.59. The van der Waals surface area contributed by atoms with Crippen molar-refractivity contribution in [1.82, 2.24) is 14.7 Å². The largest absolute Gasteiger partial charge is 0.324 e. The smallest absolute Gasteiger partial charge is 0.224 e. The summed E-state index contributed by atoms with van der Waals surface area (Å²) in [6, 6.07) is 8.24. The molecule has 0 bridgehead atoms. The number of hydrogen-bond donors (Lipinski definition) is 1. The molecule has 5 nitrogen and oxygen atoms in total. The summed E-state index contributed by atoms with van der Waals surface area (Å²) >= 11 is 0. The summed E-state index contributed by atoms with van der Waals surface area (Å²) in [6.45, 7) is 4.19. The van der Waals surface area contributed by atoms with Gasteiger partial charge in [0.05, 0.1) is 5.69 Å². The highest BCUT2D eigenvalue weighted by Crippen LogP contribution is 2.22. The van der Waals surface area contributed by atoms with Crippen LogP contribution in [0.15, 0.2) is 42.7 Å². The minimum absolute atomic E-state index is 0.106.